The van der Waals surface area contributed by atoms with Gasteiger partial charge in [-0.2, -0.15) is 18.3 Å². The van der Waals surface area contributed by atoms with Crippen molar-refractivity contribution in [3.63, 3.8) is 0 Å². The largest absolute Gasteiger partial charge is 0.416 e. The van der Waals surface area contributed by atoms with E-state index < -0.39 is 17.6 Å². The lowest BCUT2D eigenvalue weighted by Crippen LogP contribution is -2.33. The fraction of sp³-hybridized carbons (Fsp3) is 0.458. The number of hydrogen-bond donors (Lipinski definition) is 1. The number of nitrogens with one attached hydrogen (secondary N) is 1. The van der Waals surface area contributed by atoms with Gasteiger partial charge in [0.05, 0.1) is 23.5 Å². The van der Waals surface area contributed by atoms with Crippen LogP contribution in [0.5, 0.6) is 0 Å². The minimum Gasteiger partial charge on any atom is -0.321 e. The standard InChI is InChI=1S/C24H28F3N5O/c1-15-11-21(17-13-28-32(14-17)20-7-9-31(3)10-8-20)30-22(16(15)2)23(33)29-19-6-4-5-18(12-19)24(25,26)27/h4-6,11-16,20H,7-10H2,1-3H3,(H,29,33). The van der Waals surface area contributed by atoms with E-state index in [4.69, 9.17) is 0 Å². The molecule has 1 N–H and O–H groups in total. The van der Waals surface area contributed by atoms with E-state index in [1.54, 1.807) is 6.20 Å². The molecule has 1 aromatic heterocycles. The molecule has 4 rings (SSSR count). The fourth-order valence-corrected chi connectivity index (χ4v) is 4.23. The van der Waals surface area contributed by atoms with Crippen LogP contribution in [0.1, 0.15) is 43.9 Å². The minimum absolute atomic E-state index is 0.0337. The molecule has 0 saturated carbocycles. The number of aromatic nitrogens is 2. The maximum atomic E-state index is 13.0. The Bertz CT molecular complexity index is 1080. The van der Waals surface area contributed by atoms with Gasteiger partial charge in [0.15, 0.2) is 0 Å². The average Bonchev–Trinajstić information content (AvgIpc) is 3.26. The number of nitrogens with zero attached hydrogens (tertiary/aromatic N) is 4. The number of carbonyl (C=O) groups excluding carboxylic acids is 1. The van der Waals surface area contributed by atoms with Gasteiger partial charge in [-0.1, -0.05) is 26.0 Å². The van der Waals surface area contributed by atoms with Gasteiger partial charge < -0.3 is 10.2 Å². The highest BCUT2D eigenvalue weighted by Gasteiger charge is 2.32. The van der Waals surface area contributed by atoms with Crippen molar-refractivity contribution in [3.8, 4) is 0 Å². The number of aliphatic imine (C=N–C) groups is 1. The summed E-state index contributed by atoms with van der Waals surface area (Å²) in [6.07, 6.45) is 3.32. The van der Waals surface area contributed by atoms with Crippen LogP contribution in [0.3, 0.4) is 0 Å². The lowest BCUT2D eigenvalue weighted by Gasteiger charge is -2.29. The summed E-state index contributed by atoms with van der Waals surface area (Å²) in [5.41, 5.74) is 1.06. The predicted molar refractivity (Wildman–Crippen MR) is 122 cm³/mol. The molecule has 2 unspecified atom stereocenters. The summed E-state index contributed by atoms with van der Waals surface area (Å²) in [5, 5.41) is 7.12. The highest BCUT2D eigenvalue weighted by Crippen LogP contribution is 2.32. The van der Waals surface area contributed by atoms with Crippen LogP contribution in [0.25, 0.3) is 5.70 Å². The molecule has 0 radical (unpaired) electrons. The van der Waals surface area contributed by atoms with Crippen molar-refractivity contribution >= 4 is 23.0 Å². The van der Waals surface area contributed by atoms with Crippen molar-refractivity contribution in [2.75, 3.05) is 25.5 Å². The van der Waals surface area contributed by atoms with Crippen LogP contribution in [-0.4, -0.2) is 46.4 Å². The second kappa shape index (κ2) is 9.13. The highest BCUT2D eigenvalue weighted by molar-refractivity contribution is 6.44. The minimum atomic E-state index is -4.48. The average molecular weight is 460 g/mol. The summed E-state index contributed by atoms with van der Waals surface area (Å²) in [6, 6.07) is 4.95. The number of allylic oxidation sites excluding steroid dienone is 1. The number of likely N-dealkylation sites (tertiary alicyclic amines) is 1. The van der Waals surface area contributed by atoms with Crippen LogP contribution in [0.2, 0.25) is 0 Å². The van der Waals surface area contributed by atoms with E-state index in [1.165, 1.54) is 12.1 Å². The van der Waals surface area contributed by atoms with Crippen LogP contribution in [0.4, 0.5) is 18.9 Å². The number of alkyl halides is 3. The van der Waals surface area contributed by atoms with Crippen molar-refractivity contribution < 1.29 is 18.0 Å². The summed E-state index contributed by atoms with van der Waals surface area (Å²) in [4.78, 5) is 19.9. The van der Waals surface area contributed by atoms with E-state index in [9.17, 15) is 18.0 Å². The Balaban J connectivity index is 1.54. The van der Waals surface area contributed by atoms with Gasteiger partial charge in [0.25, 0.3) is 5.91 Å². The molecule has 33 heavy (non-hydrogen) atoms. The second-order valence-electron chi connectivity index (χ2n) is 8.97. The lowest BCUT2D eigenvalue weighted by molar-refractivity contribution is -0.137. The molecular formula is C24H28F3N5O. The Morgan fingerprint density at radius 1 is 1.18 bits per heavy atom. The van der Waals surface area contributed by atoms with Crippen molar-refractivity contribution in [2.24, 2.45) is 16.8 Å². The van der Waals surface area contributed by atoms with E-state index in [2.05, 4.69) is 27.4 Å². The molecule has 0 bridgehead atoms. The molecule has 2 aromatic rings. The molecule has 2 aliphatic rings. The number of piperidine rings is 1. The first-order valence-electron chi connectivity index (χ1n) is 11.1. The zero-order valence-electron chi connectivity index (χ0n) is 18.9. The van der Waals surface area contributed by atoms with Gasteiger partial charge in [-0.25, -0.2) is 4.99 Å². The van der Waals surface area contributed by atoms with Crippen LogP contribution in [-0.2, 0) is 11.0 Å². The Hall–Kier alpha value is -2.94. The maximum Gasteiger partial charge on any atom is 0.416 e. The van der Waals surface area contributed by atoms with Crippen molar-refractivity contribution in [2.45, 2.75) is 38.9 Å². The molecule has 1 saturated heterocycles. The van der Waals surface area contributed by atoms with Crippen LogP contribution >= 0.6 is 0 Å². The van der Waals surface area contributed by atoms with Gasteiger partial charge in [-0.05, 0) is 57.1 Å². The fourth-order valence-electron chi connectivity index (χ4n) is 4.23. The molecule has 2 atom stereocenters. The molecule has 9 heteroatoms. The summed E-state index contributed by atoms with van der Waals surface area (Å²) < 4.78 is 41.0. The first kappa shape index (κ1) is 23.2. The molecule has 176 valence electrons. The zero-order chi connectivity index (χ0) is 23.8. The topological polar surface area (TPSA) is 62.5 Å². The van der Waals surface area contributed by atoms with Gasteiger partial charge in [0.1, 0.15) is 5.71 Å². The Morgan fingerprint density at radius 2 is 1.91 bits per heavy atom. The highest BCUT2D eigenvalue weighted by atomic mass is 19.4. The van der Waals surface area contributed by atoms with Crippen LogP contribution in [0, 0.1) is 11.8 Å². The van der Waals surface area contributed by atoms with Crippen LogP contribution < -0.4 is 5.32 Å². The normalized spacial score (nSPS) is 22.6. The third-order valence-electron chi connectivity index (χ3n) is 6.52. The third-order valence-corrected chi connectivity index (χ3v) is 6.52. The monoisotopic (exact) mass is 459 g/mol. The van der Waals surface area contributed by atoms with Crippen molar-refractivity contribution in [1.29, 1.82) is 0 Å². The molecule has 0 spiro atoms. The number of rotatable bonds is 4. The van der Waals surface area contributed by atoms with E-state index in [-0.39, 0.29) is 17.5 Å². The molecule has 2 aliphatic heterocycles. The van der Waals surface area contributed by atoms with Gasteiger partial charge >= 0.3 is 6.18 Å². The third kappa shape index (κ3) is 5.19. The number of benzene rings is 1. The number of anilines is 1. The smallest absolute Gasteiger partial charge is 0.321 e. The Labute approximate surface area is 191 Å². The quantitative estimate of drug-likeness (QED) is 0.709. The molecule has 1 fully saturated rings. The maximum absolute atomic E-state index is 13.0. The lowest BCUT2D eigenvalue weighted by atomic mass is 9.87. The first-order chi connectivity index (χ1) is 15.6. The van der Waals surface area contributed by atoms with Gasteiger partial charge in [-0.15, -0.1) is 0 Å². The molecular weight excluding hydrogens is 431 g/mol. The molecule has 1 aromatic carbocycles. The summed E-state index contributed by atoms with van der Waals surface area (Å²) in [6.45, 7) is 5.94. The van der Waals surface area contributed by atoms with E-state index in [0.29, 0.717) is 17.5 Å². The Morgan fingerprint density at radius 3 is 2.61 bits per heavy atom. The molecule has 1 amide bonds. The molecule has 0 aliphatic carbocycles. The van der Waals surface area contributed by atoms with E-state index in [0.717, 1.165) is 43.6 Å². The number of amides is 1. The predicted octanol–water partition coefficient (Wildman–Crippen LogP) is 4.88. The van der Waals surface area contributed by atoms with Gasteiger partial charge in [-0.3, -0.25) is 9.48 Å². The van der Waals surface area contributed by atoms with Crippen molar-refractivity contribution in [1.82, 2.24) is 14.7 Å². The molecule has 6 nitrogen and oxygen atoms in total. The SMILES string of the molecule is CC1C=C(c2cnn(C3CCN(C)CC3)c2)N=C(C(=O)Nc2cccc(C(F)(F)F)c2)C1C. The van der Waals surface area contributed by atoms with Gasteiger partial charge in [0.2, 0.25) is 0 Å². The zero-order valence-corrected chi connectivity index (χ0v) is 18.9. The number of halogens is 3. The summed E-state index contributed by atoms with van der Waals surface area (Å²) in [7, 11) is 2.11. The Kier molecular flexibility index (Phi) is 6.43. The van der Waals surface area contributed by atoms with Gasteiger partial charge in [0, 0.05) is 23.4 Å². The second-order valence-corrected chi connectivity index (χ2v) is 8.97. The van der Waals surface area contributed by atoms with E-state index in [1.807, 2.05) is 30.8 Å². The first-order valence-corrected chi connectivity index (χ1v) is 11.1. The molecule has 3 heterocycles. The summed E-state index contributed by atoms with van der Waals surface area (Å²) in [5.74, 6) is -0.642. The van der Waals surface area contributed by atoms with E-state index >= 15 is 0 Å². The number of hydrogen-bond acceptors (Lipinski definition) is 4. The van der Waals surface area contributed by atoms with Crippen molar-refractivity contribution in [3.05, 3.63) is 53.9 Å². The van der Waals surface area contributed by atoms with Crippen LogP contribution in [0.15, 0.2) is 47.7 Å². The number of carbonyl (C=O) groups is 1. The summed E-state index contributed by atoms with van der Waals surface area (Å²) >= 11 is 0.